The van der Waals surface area contributed by atoms with E-state index in [-0.39, 0.29) is 11.8 Å². The van der Waals surface area contributed by atoms with Crippen molar-refractivity contribution >= 4 is 5.78 Å². The molecule has 0 saturated carbocycles. The molecule has 19 heavy (non-hydrogen) atoms. The maximum absolute atomic E-state index is 12.6. The second-order valence-corrected chi connectivity index (χ2v) is 5.25. The van der Waals surface area contributed by atoms with Crippen molar-refractivity contribution in [2.24, 2.45) is 7.05 Å². The molecule has 3 heteroatoms. The minimum absolute atomic E-state index is 0.0372. The molecule has 0 unspecified atom stereocenters. The first-order valence-electron chi connectivity index (χ1n) is 6.58. The molecule has 0 aliphatic heterocycles. The van der Waals surface area contributed by atoms with Gasteiger partial charge in [-0.05, 0) is 11.6 Å². The molecule has 0 aliphatic carbocycles. The number of nitrogens with one attached hydrogen (secondary N) is 1. The van der Waals surface area contributed by atoms with Crippen LogP contribution in [0.1, 0.15) is 15.9 Å². The number of Topliss-reactive ketones (excluding diaryl/α,β-unsaturated/α-hetero) is 1. The lowest BCUT2D eigenvalue weighted by atomic mass is 9.98. The van der Waals surface area contributed by atoms with Crippen molar-refractivity contribution < 1.29 is 9.69 Å². The zero-order valence-electron chi connectivity index (χ0n) is 11.8. The van der Waals surface area contributed by atoms with Crippen LogP contribution in [0.4, 0.5) is 0 Å². The molecule has 100 valence electrons. The van der Waals surface area contributed by atoms with E-state index in [1.165, 1.54) is 5.56 Å². The zero-order valence-corrected chi connectivity index (χ0v) is 11.8. The summed E-state index contributed by atoms with van der Waals surface area (Å²) in [5.74, 6) is 0.212. The molecule has 0 spiro atoms. The average molecular weight is 257 g/mol. The van der Waals surface area contributed by atoms with E-state index in [0.29, 0.717) is 0 Å². The highest BCUT2D eigenvalue weighted by atomic mass is 16.1. The van der Waals surface area contributed by atoms with Crippen molar-refractivity contribution in [2.45, 2.75) is 12.5 Å². The molecule has 2 rings (SSSR count). The summed E-state index contributed by atoms with van der Waals surface area (Å²) in [6.07, 6.45) is 4.58. The van der Waals surface area contributed by atoms with Gasteiger partial charge in [0.1, 0.15) is 0 Å². The Morgan fingerprint density at radius 2 is 1.89 bits per heavy atom. The smallest absolute Gasteiger partial charge is 0.221 e. The number of carbonyl (C=O) groups is 1. The number of rotatable bonds is 5. The van der Waals surface area contributed by atoms with Gasteiger partial charge in [0, 0.05) is 31.4 Å². The Morgan fingerprint density at radius 3 is 2.42 bits per heavy atom. The molecule has 0 saturated heterocycles. The molecule has 1 atom stereocenters. The molecule has 0 radical (unpaired) electrons. The number of ketones is 1. The lowest BCUT2D eigenvalue weighted by Crippen LogP contribution is -3.11. The molecule has 1 N–H and O–H groups in total. The van der Waals surface area contributed by atoms with Gasteiger partial charge in [-0.3, -0.25) is 4.79 Å². The van der Waals surface area contributed by atoms with Gasteiger partial charge in [0.15, 0.2) is 6.04 Å². The Balaban J connectivity index is 2.19. The molecule has 0 amide bonds. The standard InChI is InChI=1S/C16H20N2O/c1-17(2)15(11-13-7-5-4-6-8-13)16(19)14-9-10-18(3)12-14/h4-10,12,15H,11H2,1-3H3/p+1/t15-/m1/s1. The minimum Gasteiger partial charge on any atom is -0.357 e. The fourth-order valence-corrected chi connectivity index (χ4v) is 2.26. The van der Waals surface area contributed by atoms with Gasteiger partial charge in [-0.25, -0.2) is 0 Å². The summed E-state index contributed by atoms with van der Waals surface area (Å²) in [6.45, 7) is 0. The van der Waals surface area contributed by atoms with E-state index in [2.05, 4.69) is 12.1 Å². The third-order valence-corrected chi connectivity index (χ3v) is 3.41. The van der Waals surface area contributed by atoms with Crippen molar-refractivity contribution in [3.05, 3.63) is 59.9 Å². The normalized spacial score (nSPS) is 12.6. The molecule has 0 fully saturated rings. The van der Waals surface area contributed by atoms with Crippen molar-refractivity contribution in [2.75, 3.05) is 14.1 Å². The van der Waals surface area contributed by atoms with Crippen LogP contribution in [0, 0.1) is 0 Å². The van der Waals surface area contributed by atoms with Crippen LogP contribution in [0.25, 0.3) is 0 Å². The molecule has 1 aromatic heterocycles. The summed E-state index contributed by atoms with van der Waals surface area (Å²) >= 11 is 0. The highest BCUT2D eigenvalue weighted by Crippen LogP contribution is 2.08. The zero-order chi connectivity index (χ0) is 13.8. The molecular weight excluding hydrogens is 236 g/mol. The average Bonchev–Trinajstić information content (AvgIpc) is 2.83. The maximum Gasteiger partial charge on any atom is 0.221 e. The number of hydrogen-bond donors (Lipinski definition) is 1. The largest absolute Gasteiger partial charge is 0.357 e. The first-order chi connectivity index (χ1) is 9.08. The maximum atomic E-state index is 12.6. The van der Waals surface area contributed by atoms with Crippen LogP contribution in [-0.2, 0) is 13.5 Å². The number of quaternary nitrogens is 1. The summed E-state index contributed by atoms with van der Waals surface area (Å²) in [6, 6.07) is 12.0. The number of benzene rings is 1. The Hall–Kier alpha value is -1.87. The number of hydrogen-bond acceptors (Lipinski definition) is 1. The van der Waals surface area contributed by atoms with E-state index < -0.39 is 0 Å². The summed E-state index contributed by atoms with van der Waals surface area (Å²) < 4.78 is 1.91. The van der Waals surface area contributed by atoms with Gasteiger partial charge >= 0.3 is 0 Å². The van der Waals surface area contributed by atoms with Gasteiger partial charge in [0.05, 0.1) is 14.1 Å². The quantitative estimate of drug-likeness (QED) is 0.794. The van der Waals surface area contributed by atoms with Crippen molar-refractivity contribution in [1.29, 1.82) is 0 Å². The number of aryl methyl sites for hydroxylation is 1. The first-order valence-corrected chi connectivity index (χ1v) is 6.58. The minimum atomic E-state index is -0.0372. The van der Waals surface area contributed by atoms with Crippen molar-refractivity contribution in [1.82, 2.24) is 4.57 Å². The van der Waals surface area contributed by atoms with Crippen molar-refractivity contribution in [3.63, 3.8) is 0 Å². The summed E-state index contributed by atoms with van der Waals surface area (Å²) in [5.41, 5.74) is 2.00. The third-order valence-electron chi connectivity index (χ3n) is 3.41. The highest BCUT2D eigenvalue weighted by molar-refractivity contribution is 5.99. The van der Waals surface area contributed by atoms with E-state index in [1.807, 2.05) is 62.4 Å². The number of aromatic nitrogens is 1. The van der Waals surface area contributed by atoms with Crippen LogP contribution in [0.5, 0.6) is 0 Å². The van der Waals surface area contributed by atoms with Gasteiger partial charge in [-0.2, -0.15) is 0 Å². The Morgan fingerprint density at radius 1 is 1.21 bits per heavy atom. The van der Waals surface area contributed by atoms with Gasteiger partial charge in [0.2, 0.25) is 5.78 Å². The third kappa shape index (κ3) is 3.32. The van der Waals surface area contributed by atoms with Gasteiger partial charge in [0.25, 0.3) is 0 Å². The number of nitrogens with zero attached hydrogens (tertiary/aromatic N) is 1. The van der Waals surface area contributed by atoms with Crippen LogP contribution in [0.2, 0.25) is 0 Å². The molecule has 0 bridgehead atoms. The van der Waals surface area contributed by atoms with Crippen LogP contribution in [0.3, 0.4) is 0 Å². The second-order valence-electron chi connectivity index (χ2n) is 5.25. The predicted octanol–water partition coefficient (Wildman–Crippen LogP) is 0.964. The predicted molar refractivity (Wildman–Crippen MR) is 76.5 cm³/mol. The SMILES string of the molecule is Cn1ccc(C(=O)[C@@H](Cc2ccccc2)[NH+](C)C)c1. The van der Waals surface area contributed by atoms with Gasteiger partial charge < -0.3 is 9.47 Å². The van der Waals surface area contributed by atoms with E-state index in [9.17, 15) is 4.79 Å². The van der Waals surface area contributed by atoms with Crippen LogP contribution in [-0.4, -0.2) is 30.5 Å². The second kappa shape index (κ2) is 5.85. The highest BCUT2D eigenvalue weighted by Gasteiger charge is 2.26. The van der Waals surface area contributed by atoms with Gasteiger partial charge in [-0.1, -0.05) is 30.3 Å². The van der Waals surface area contributed by atoms with E-state index in [1.54, 1.807) is 0 Å². The van der Waals surface area contributed by atoms with Crippen LogP contribution >= 0.6 is 0 Å². The van der Waals surface area contributed by atoms with E-state index in [4.69, 9.17) is 0 Å². The molecule has 1 aromatic carbocycles. The molecule has 3 nitrogen and oxygen atoms in total. The summed E-state index contributed by atoms with van der Waals surface area (Å²) in [7, 11) is 6.01. The lowest BCUT2D eigenvalue weighted by molar-refractivity contribution is -0.874. The fraction of sp³-hybridized carbons (Fsp3) is 0.312. The monoisotopic (exact) mass is 257 g/mol. The van der Waals surface area contributed by atoms with Crippen LogP contribution < -0.4 is 4.90 Å². The first kappa shape index (κ1) is 13.6. The van der Waals surface area contributed by atoms with E-state index >= 15 is 0 Å². The fourth-order valence-electron chi connectivity index (χ4n) is 2.26. The lowest BCUT2D eigenvalue weighted by Gasteiger charge is -2.19. The van der Waals surface area contributed by atoms with Crippen LogP contribution in [0.15, 0.2) is 48.8 Å². The Bertz CT molecular complexity index is 543. The topological polar surface area (TPSA) is 26.4 Å². The Kier molecular flexibility index (Phi) is 4.17. The molecule has 0 aliphatic rings. The molecule has 2 aromatic rings. The summed E-state index contributed by atoms with van der Waals surface area (Å²) in [4.78, 5) is 13.7. The van der Waals surface area contributed by atoms with Gasteiger partial charge in [-0.15, -0.1) is 0 Å². The number of likely N-dealkylation sites (N-methyl/N-ethyl adjacent to an activating group) is 1. The Labute approximate surface area is 114 Å². The summed E-state index contributed by atoms with van der Waals surface area (Å²) in [5, 5.41) is 0. The molecule has 1 heterocycles. The van der Waals surface area contributed by atoms with Crippen molar-refractivity contribution in [3.8, 4) is 0 Å². The number of carbonyl (C=O) groups excluding carboxylic acids is 1. The molecular formula is C16H21N2O+. The van der Waals surface area contributed by atoms with E-state index in [0.717, 1.165) is 16.9 Å².